The van der Waals surface area contributed by atoms with E-state index in [0.29, 0.717) is 21.4 Å². The third-order valence-electron chi connectivity index (χ3n) is 3.14. The number of amides is 1. The molecule has 3 aromatic rings. The maximum atomic E-state index is 12.1. The van der Waals surface area contributed by atoms with Crippen molar-refractivity contribution in [2.45, 2.75) is 6.54 Å². The van der Waals surface area contributed by atoms with Gasteiger partial charge in [-0.2, -0.15) is 5.10 Å². The zero-order valence-corrected chi connectivity index (χ0v) is 14.5. The number of hydrogen-bond acceptors (Lipinski definition) is 4. The molecule has 8 heteroatoms. The van der Waals surface area contributed by atoms with Gasteiger partial charge in [0.2, 0.25) is 5.91 Å². The average molecular weight is 380 g/mol. The number of carbonyl (C=O) groups is 1. The zero-order valence-electron chi connectivity index (χ0n) is 12.2. The van der Waals surface area contributed by atoms with Crippen molar-refractivity contribution in [2.24, 2.45) is 0 Å². The largest absolute Gasteiger partial charge is 0.324 e. The van der Waals surface area contributed by atoms with Crippen LogP contribution in [0.25, 0.3) is 10.6 Å². The Labute approximate surface area is 151 Å². The second-order valence-electron chi connectivity index (χ2n) is 4.87. The van der Waals surface area contributed by atoms with Crippen molar-refractivity contribution in [1.29, 1.82) is 0 Å². The van der Waals surface area contributed by atoms with E-state index in [2.05, 4.69) is 10.4 Å². The van der Waals surface area contributed by atoms with Crippen molar-refractivity contribution in [2.75, 3.05) is 5.32 Å². The molecule has 24 heavy (non-hydrogen) atoms. The lowest BCUT2D eigenvalue weighted by Crippen LogP contribution is -2.29. The average Bonchev–Trinajstić information content (AvgIpc) is 3.07. The molecule has 1 aromatic carbocycles. The first-order chi connectivity index (χ1) is 11.5. The number of rotatable bonds is 4. The molecule has 1 N–H and O–H groups in total. The van der Waals surface area contributed by atoms with Crippen molar-refractivity contribution in [3.63, 3.8) is 0 Å². The Morgan fingerprint density at radius 3 is 2.71 bits per heavy atom. The van der Waals surface area contributed by atoms with Crippen LogP contribution in [0.4, 0.5) is 5.69 Å². The minimum atomic E-state index is -0.383. The first kappa shape index (κ1) is 16.7. The van der Waals surface area contributed by atoms with Gasteiger partial charge in [0.25, 0.3) is 5.56 Å². The van der Waals surface area contributed by atoms with E-state index in [9.17, 15) is 9.59 Å². The van der Waals surface area contributed by atoms with Gasteiger partial charge in [0.05, 0.1) is 14.9 Å². The number of benzene rings is 1. The SMILES string of the molecule is O=C(Cn1nc(-c2cccs2)ccc1=O)Nc1ccc(Cl)c(Cl)c1. The van der Waals surface area contributed by atoms with E-state index < -0.39 is 0 Å². The molecular weight excluding hydrogens is 369 g/mol. The summed E-state index contributed by atoms with van der Waals surface area (Å²) in [6.07, 6.45) is 0. The topological polar surface area (TPSA) is 64.0 Å². The van der Waals surface area contributed by atoms with Crippen LogP contribution in [0.2, 0.25) is 10.0 Å². The fraction of sp³-hybridized carbons (Fsp3) is 0.0625. The van der Waals surface area contributed by atoms with E-state index >= 15 is 0 Å². The van der Waals surface area contributed by atoms with E-state index in [1.807, 2.05) is 17.5 Å². The summed E-state index contributed by atoms with van der Waals surface area (Å²) in [5.41, 5.74) is 0.795. The van der Waals surface area contributed by atoms with Crippen LogP contribution in [0.1, 0.15) is 0 Å². The minimum Gasteiger partial charge on any atom is -0.324 e. The lowest BCUT2D eigenvalue weighted by molar-refractivity contribution is -0.117. The molecule has 0 saturated carbocycles. The van der Waals surface area contributed by atoms with Crippen LogP contribution in [-0.4, -0.2) is 15.7 Å². The Bertz CT molecular complexity index is 939. The van der Waals surface area contributed by atoms with E-state index in [4.69, 9.17) is 23.2 Å². The van der Waals surface area contributed by atoms with Crippen molar-refractivity contribution in [3.05, 3.63) is 68.2 Å². The Hall–Kier alpha value is -2.15. The summed E-state index contributed by atoms with van der Waals surface area (Å²) in [7, 11) is 0. The second-order valence-corrected chi connectivity index (χ2v) is 6.63. The van der Waals surface area contributed by atoms with E-state index in [1.54, 1.807) is 24.3 Å². The van der Waals surface area contributed by atoms with Gasteiger partial charge < -0.3 is 5.32 Å². The summed E-state index contributed by atoms with van der Waals surface area (Å²) in [5.74, 6) is -0.383. The molecule has 0 bridgehead atoms. The van der Waals surface area contributed by atoms with Crippen molar-refractivity contribution in [3.8, 4) is 10.6 Å². The predicted molar refractivity (Wildman–Crippen MR) is 96.9 cm³/mol. The molecular formula is C16H11Cl2N3O2S. The van der Waals surface area contributed by atoms with Gasteiger partial charge in [0, 0.05) is 11.8 Å². The summed E-state index contributed by atoms with van der Waals surface area (Å²) in [5, 5.41) is 9.55. The Balaban J connectivity index is 1.77. The maximum absolute atomic E-state index is 12.1. The molecule has 5 nitrogen and oxygen atoms in total. The summed E-state index contributed by atoms with van der Waals surface area (Å²) in [4.78, 5) is 25.0. The van der Waals surface area contributed by atoms with E-state index in [1.165, 1.54) is 17.4 Å². The van der Waals surface area contributed by atoms with Crippen LogP contribution in [0.3, 0.4) is 0 Å². The molecule has 0 aliphatic rings. The first-order valence-electron chi connectivity index (χ1n) is 6.90. The molecule has 0 atom stereocenters. The number of nitrogens with zero attached hydrogens (tertiary/aromatic N) is 2. The molecule has 0 unspecified atom stereocenters. The molecule has 0 aliphatic heterocycles. The highest BCUT2D eigenvalue weighted by Crippen LogP contribution is 2.25. The second kappa shape index (κ2) is 7.17. The highest BCUT2D eigenvalue weighted by molar-refractivity contribution is 7.13. The molecule has 2 aromatic heterocycles. The summed E-state index contributed by atoms with van der Waals surface area (Å²) in [6, 6.07) is 11.6. The molecule has 122 valence electrons. The van der Waals surface area contributed by atoms with Crippen molar-refractivity contribution >= 4 is 46.1 Å². The molecule has 1 amide bonds. The minimum absolute atomic E-state index is 0.196. The van der Waals surface area contributed by atoms with Crippen molar-refractivity contribution < 1.29 is 4.79 Å². The summed E-state index contributed by atoms with van der Waals surface area (Å²) >= 11 is 13.3. The Morgan fingerprint density at radius 1 is 1.17 bits per heavy atom. The Morgan fingerprint density at radius 2 is 2.00 bits per heavy atom. The lowest BCUT2D eigenvalue weighted by Gasteiger charge is -2.08. The zero-order chi connectivity index (χ0) is 17.1. The number of thiophene rings is 1. The van der Waals surface area contributed by atoms with Crippen LogP contribution >= 0.6 is 34.5 Å². The number of carbonyl (C=O) groups excluding carboxylic acids is 1. The summed E-state index contributed by atoms with van der Waals surface area (Å²) in [6.45, 7) is -0.196. The quantitative estimate of drug-likeness (QED) is 0.746. The smallest absolute Gasteiger partial charge is 0.267 e. The third-order valence-corrected chi connectivity index (χ3v) is 4.77. The molecule has 0 radical (unpaired) electrons. The van der Waals surface area contributed by atoms with Gasteiger partial charge in [-0.3, -0.25) is 9.59 Å². The summed E-state index contributed by atoms with van der Waals surface area (Å²) < 4.78 is 1.13. The van der Waals surface area contributed by atoms with Gasteiger partial charge in [0.1, 0.15) is 12.2 Å². The highest BCUT2D eigenvalue weighted by Gasteiger charge is 2.09. The number of aromatic nitrogens is 2. The fourth-order valence-corrected chi connectivity index (χ4v) is 3.02. The monoisotopic (exact) mass is 379 g/mol. The van der Waals surface area contributed by atoms with Gasteiger partial charge in [-0.1, -0.05) is 29.3 Å². The predicted octanol–water partition coefficient (Wildman–Crippen LogP) is 3.92. The van der Waals surface area contributed by atoms with Gasteiger partial charge in [-0.05, 0) is 35.7 Å². The van der Waals surface area contributed by atoms with Gasteiger partial charge >= 0.3 is 0 Å². The van der Waals surface area contributed by atoms with Gasteiger partial charge in [-0.15, -0.1) is 11.3 Å². The first-order valence-corrected chi connectivity index (χ1v) is 8.53. The van der Waals surface area contributed by atoms with Crippen LogP contribution < -0.4 is 10.9 Å². The molecule has 0 aliphatic carbocycles. The molecule has 0 saturated heterocycles. The molecule has 0 fully saturated rings. The highest BCUT2D eigenvalue weighted by atomic mass is 35.5. The number of anilines is 1. The van der Waals surface area contributed by atoms with E-state index in [-0.39, 0.29) is 18.0 Å². The van der Waals surface area contributed by atoms with Crippen LogP contribution in [0, 0.1) is 0 Å². The number of halogens is 2. The standard InChI is InChI=1S/C16H11Cl2N3O2S/c17-11-4-3-10(8-12(11)18)19-15(22)9-21-16(23)6-5-13(20-21)14-2-1-7-24-14/h1-8H,9H2,(H,19,22). The van der Waals surface area contributed by atoms with Gasteiger partial charge in [-0.25, -0.2) is 4.68 Å². The van der Waals surface area contributed by atoms with E-state index in [0.717, 1.165) is 9.56 Å². The third kappa shape index (κ3) is 3.84. The molecule has 3 rings (SSSR count). The number of hydrogen-bond donors (Lipinski definition) is 1. The fourth-order valence-electron chi connectivity index (χ4n) is 2.03. The van der Waals surface area contributed by atoms with Crippen LogP contribution in [0.15, 0.2) is 52.6 Å². The van der Waals surface area contributed by atoms with Gasteiger partial charge in [0.15, 0.2) is 0 Å². The van der Waals surface area contributed by atoms with Crippen LogP contribution in [-0.2, 0) is 11.3 Å². The molecule has 2 heterocycles. The van der Waals surface area contributed by atoms with Crippen LogP contribution in [0.5, 0.6) is 0 Å². The Kier molecular flexibility index (Phi) is 4.99. The lowest BCUT2D eigenvalue weighted by atomic mass is 10.3. The maximum Gasteiger partial charge on any atom is 0.267 e. The molecule has 0 spiro atoms. The van der Waals surface area contributed by atoms with Crippen molar-refractivity contribution in [1.82, 2.24) is 9.78 Å². The normalized spacial score (nSPS) is 10.6. The number of nitrogens with one attached hydrogen (secondary N) is 1.